The molecule has 0 aliphatic carbocycles. The number of nitrogens with zero attached hydrogens (tertiary/aromatic N) is 1. The molecule has 1 rings (SSSR count). The molecule has 0 bridgehead atoms. The van der Waals surface area contributed by atoms with E-state index in [4.69, 9.17) is 11.6 Å². The highest BCUT2D eigenvalue weighted by Crippen LogP contribution is 2.26. The fourth-order valence-electron chi connectivity index (χ4n) is 1.05. The normalized spacial score (nSPS) is 10.0. The molecule has 15 heavy (non-hydrogen) atoms. The van der Waals surface area contributed by atoms with E-state index >= 15 is 0 Å². The van der Waals surface area contributed by atoms with Crippen LogP contribution < -0.4 is 5.32 Å². The molecule has 0 saturated heterocycles. The summed E-state index contributed by atoms with van der Waals surface area (Å²) in [6.07, 6.45) is 2.01. The molecule has 0 aliphatic heterocycles. The van der Waals surface area contributed by atoms with Crippen molar-refractivity contribution < 1.29 is 4.92 Å². The van der Waals surface area contributed by atoms with Gasteiger partial charge >= 0.3 is 0 Å². The van der Waals surface area contributed by atoms with Crippen molar-refractivity contribution in [2.24, 2.45) is 0 Å². The van der Waals surface area contributed by atoms with Crippen LogP contribution in [-0.4, -0.2) is 23.5 Å². The van der Waals surface area contributed by atoms with Gasteiger partial charge in [0.25, 0.3) is 5.69 Å². The second kappa shape index (κ2) is 5.82. The molecule has 6 heteroatoms. The molecule has 0 unspecified atom stereocenters. The van der Waals surface area contributed by atoms with E-state index in [9.17, 15) is 10.1 Å². The van der Waals surface area contributed by atoms with Crippen LogP contribution in [0.15, 0.2) is 18.2 Å². The van der Waals surface area contributed by atoms with E-state index in [0.717, 1.165) is 18.0 Å². The molecule has 0 aliphatic rings. The Kier molecular flexibility index (Phi) is 4.71. The number of anilines is 1. The monoisotopic (exact) mass is 246 g/mol. The Morgan fingerprint density at radius 1 is 1.60 bits per heavy atom. The van der Waals surface area contributed by atoms with Gasteiger partial charge in [0.05, 0.1) is 15.6 Å². The first-order valence-electron chi connectivity index (χ1n) is 4.32. The maximum Gasteiger partial charge on any atom is 0.271 e. The summed E-state index contributed by atoms with van der Waals surface area (Å²) in [5, 5.41) is 13.9. The van der Waals surface area contributed by atoms with Gasteiger partial charge in [-0.15, -0.1) is 0 Å². The van der Waals surface area contributed by atoms with Crippen LogP contribution in [0.4, 0.5) is 11.4 Å². The smallest absolute Gasteiger partial charge is 0.271 e. The molecule has 0 radical (unpaired) electrons. The number of thioether (sulfide) groups is 1. The van der Waals surface area contributed by atoms with Gasteiger partial charge in [-0.1, -0.05) is 11.6 Å². The van der Waals surface area contributed by atoms with Gasteiger partial charge in [-0.3, -0.25) is 10.1 Å². The van der Waals surface area contributed by atoms with Gasteiger partial charge in [0.15, 0.2) is 0 Å². The third-order valence-electron chi connectivity index (χ3n) is 1.79. The van der Waals surface area contributed by atoms with Crippen molar-refractivity contribution in [2.45, 2.75) is 0 Å². The van der Waals surface area contributed by atoms with Crippen LogP contribution in [0.1, 0.15) is 0 Å². The van der Waals surface area contributed by atoms with Crippen LogP contribution in [0.25, 0.3) is 0 Å². The molecule has 0 spiro atoms. The molecule has 1 aromatic carbocycles. The van der Waals surface area contributed by atoms with E-state index in [0.29, 0.717) is 5.02 Å². The Bertz CT molecular complexity index is 360. The molecular weight excluding hydrogens is 236 g/mol. The third-order valence-corrected chi connectivity index (χ3v) is 2.71. The first kappa shape index (κ1) is 12.1. The van der Waals surface area contributed by atoms with E-state index in [2.05, 4.69) is 5.32 Å². The zero-order valence-corrected chi connectivity index (χ0v) is 9.77. The van der Waals surface area contributed by atoms with Crippen LogP contribution in [-0.2, 0) is 0 Å². The van der Waals surface area contributed by atoms with Crippen molar-refractivity contribution in [3.8, 4) is 0 Å². The molecule has 1 aromatic rings. The standard InChI is InChI=1S/C9H11ClN2O2S/c1-15-5-4-11-9-3-2-7(12(13)14)6-8(9)10/h2-3,6,11H,4-5H2,1H3. The lowest BCUT2D eigenvalue weighted by Crippen LogP contribution is -2.04. The van der Waals surface area contributed by atoms with Crippen molar-refractivity contribution in [1.82, 2.24) is 0 Å². The van der Waals surface area contributed by atoms with Crippen molar-refractivity contribution in [1.29, 1.82) is 0 Å². The van der Waals surface area contributed by atoms with Crippen LogP contribution in [0.2, 0.25) is 5.02 Å². The number of hydrogen-bond donors (Lipinski definition) is 1. The van der Waals surface area contributed by atoms with Gasteiger partial charge in [-0.2, -0.15) is 11.8 Å². The summed E-state index contributed by atoms with van der Waals surface area (Å²) in [5.41, 5.74) is 0.742. The van der Waals surface area contributed by atoms with Gasteiger partial charge in [0.2, 0.25) is 0 Å². The summed E-state index contributed by atoms with van der Waals surface area (Å²) in [5.74, 6) is 0.966. The Morgan fingerprint density at radius 3 is 2.87 bits per heavy atom. The lowest BCUT2D eigenvalue weighted by Gasteiger charge is -2.06. The van der Waals surface area contributed by atoms with E-state index in [1.165, 1.54) is 12.1 Å². The van der Waals surface area contributed by atoms with Crippen molar-refractivity contribution in [3.63, 3.8) is 0 Å². The first-order chi connectivity index (χ1) is 7.15. The summed E-state index contributed by atoms with van der Waals surface area (Å²) in [7, 11) is 0. The Labute approximate surface area is 97.2 Å². The quantitative estimate of drug-likeness (QED) is 0.493. The predicted molar refractivity (Wildman–Crippen MR) is 65.0 cm³/mol. The molecule has 0 atom stereocenters. The van der Waals surface area contributed by atoms with Crippen molar-refractivity contribution >= 4 is 34.7 Å². The molecule has 4 nitrogen and oxygen atoms in total. The highest BCUT2D eigenvalue weighted by atomic mass is 35.5. The largest absolute Gasteiger partial charge is 0.383 e. The van der Waals surface area contributed by atoms with Gasteiger partial charge < -0.3 is 5.32 Å². The van der Waals surface area contributed by atoms with E-state index < -0.39 is 4.92 Å². The molecule has 82 valence electrons. The van der Waals surface area contributed by atoms with E-state index in [1.54, 1.807) is 17.8 Å². The maximum atomic E-state index is 10.4. The second-order valence-corrected chi connectivity index (χ2v) is 4.23. The first-order valence-corrected chi connectivity index (χ1v) is 6.09. The Balaban J connectivity index is 2.70. The zero-order chi connectivity index (χ0) is 11.3. The molecule has 1 N–H and O–H groups in total. The summed E-state index contributed by atoms with van der Waals surface area (Å²) in [4.78, 5) is 9.99. The zero-order valence-electron chi connectivity index (χ0n) is 8.20. The molecule has 0 aromatic heterocycles. The molecule has 0 amide bonds. The summed E-state index contributed by atoms with van der Waals surface area (Å²) >= 11 is 7.60. The molecule has 0 saturated carbocycles. The van der Waals surface area contributed by atoms with Gasteiger partial charge in [-0.25, -0.2) is 0 Å². The number of halogens is 1. The number of rotatable bonds is 5. The van der Waals surface area contributed by atoms with Gasteiger partial charge in [-0.05, 0) is 12.3 Å². The average molecular weight is 247 g/mol. The van der Waals surface area contributed by atoms with Gasteiger partial charge in [0, 0.05) is 24.4 Å². The van der Waals surface area contributed by atoms with Crippen LogP contribution >= 0.6 is 23.4 Å². The SMILES string of the molecule is CSCCNc1ccc([N+](=O)[O-])cc1Cl. The van der Waals surface area contributed by atoms with Crippen LogP contribution in [0.5, 0.6) is 0 Å². The number of nitro groups is 1. The number of non-ortho nitro benzene ring substituents is 1. The molecule has 0 fully saturated rings. The Hall–Kier alpha value is -0.940. The average Bonchev–Trinajstić information content (AvgIpc) is 2.20. The number of nitro benzene ring substituents is 1. The molecular formula is C9H11ClN2O2S. The van der Waals surface area contributed by atoms with E-state index in [1.807, 2.05) is 6.26 Å². The number of benzene rings is 1. The number of nitrogens with one attached hydrogen (secondary N) is 1. The fourth-order valence-corrected chi connectivity index (χ4v) is 1.60. The maximum absolute atomic E-state index is 10.4. The summed E-state index contributed by atoms with van der Waals surface area (Å²) in [6.45, 7) is 0.790. The highest BCUT2D eigenvalue weighted by Gasteiger charge is 2.08. The van der Waals surface area contributed by atoms with Crippen molar-refractivity contribution in [2.75, 3.05) is 23.9 Å². The predicted octanol–water partition coefficient (Wildman–Crippen LogP) is 3.02. The third kappa shape index (κ3) is 3.60. The molecule has 0 heterocycles. The minimum absolute atomic E-state index is 0.00964. The lowest BCUT2D eigenvalue weighted by molar-refractivity contribution is -0.384. The summed E-state index contributed by atoms with van der Waals surface area (Å²) < 4.78 is 0. The van der Waals surface area contributed by atoms with E-state index in [-0.39, 0.29) is 5.69 Å². The summed E-state index contributed by atoms with van der Waals surface area (Å²) in [6, 6.07) is 4.41. The minimum Gasteiger partial charge on any atom is -0.383 e. The van der Waals surface area contributed by atoms with Crippen molar-refractivity contribution in [3.05, 3.63) is 33.3 Å². The fraction of sp³-hybridized carbons (Fsp3) is 0.333. The minimum atomic E-state index is -0.461. The van der Waals surface area contributed by atoms with Gasteiger partial charge in [0.1, 0.15) is 0 Å². The lowest BCUT2D eigenvalue weighted by atomic mass is 10.3. The topological polar surface area (TPSA) is 55.2 Å². The Morgan fingerprint density at radius 2 is 2.33 bits per heavy atom. The number of hydrogen-bond acceptors (Lipinski definition) is 4. The highest BCUT2D eigenvalue weighted by molar-refractivity contribution is 7.98. The second-order valence-electron chi connectivity index (χ2n) is 2.84. The van der Waals surface area contributed by atoms with Crippen LogP contribution in [0, 0.1) is 10.1 Å². The van der Waals surface area contributed by atoms with Crippen LogP contribution in [0.3, 0.4) is 0 Å².